The van der Waals surface area contributed by atoms with E-state index in [-0.39, 0.29) is 12.1 Å². The molecule has 2 heterocycles. The predicted octanol–water partition coefficient (Wildman–Crippen LogP) is 5.21. The van der Waals surface area contributed by atoms with E-state index in [2.05, 4.69) is 65.0 Å². The Morgan fingerprint density at radius 3 is 2.43 bits per heavy atom. The highest BCUT2D eigenvalue weighted by atomic mass is 16.2. The molecule has 2 N–H and O–H groups in total. The second-order valence-corrected chi connectivity index (χ2v) is 8.23. The van der Waals surface area contributed by atoms with Crippen LogP contribution in [0.1, 0.15) is 48.8 Å². The van der Waals surface area contributed by atoms with Gasteiger partial charge in [-0.3, -0.25) is 0 Å². The second kappa shape index (κ2) is 7.34. The molecule has 1 saturated heterocycles. The Morgan fingerprint density at radius 1 is 0.964 bits per heavy atom. The molecule has 1 atom stereocenters. The maximum absolute atomic E-state index is 12.9. The van der Waals surface area contributed by atoms with Gasteiger partial charge in [0.15, 0.2) is 0 Å². The summed E-state index contributed by atoms with van der Waals surface area (Å²) in [5, 5.41) is 4.65. The molecule has 5 rings (SSSR count). The Balaban J connectivity index is 1.23. The fourth-order valence-electron chi connectivity index (χ4n) is 4.61. The van der Waals surface area contributed by atoms with Crippen LogP contribution < -0.4 is 5.32 Å². The molecular weight excluding hydrogens is 346 g/mol. The minimum Gasteiger partial charge on any atom is -0.361 e. The van der Waals surface area contributed by atoms with Crippen LogP contribution in [0.3, 0.4) is 0 Å². The van der Waals surface area contributed by atoms with Crippen molar-refractivity contribution in [2.75, 3.05) is 13.1 Å². The maximum atomic E-state index is 12.9. The van der Waals surface area contributed by atoms with Crippen LogP contribution in [-0.2, 0) is 0 Å². The summed E-state index contributed by atoms with van der Waals surface area (Å²) in [6.07, 6.45) is 6.62. The molecule has 0 spiro atoms. The molecule has 144 valence electrons. The molecule has 2 aromatic carbocycles. The monoisotopic (exact) mass is 373 g/mol. The number of carbonyl (C=O) groups is 1. The number of nitrogens with one attached hydrogen (secondary N) is 2. The second-order valence-electron chi connectivity index (χ2n) is 8.23. The molecule has 0 bridgehead atoms. The Hall–Kier alpha value is -2.75. The molecule has 28 heavy (non-hydrogen) atoms. The van der Waals surface area contributed by atoms with Gasteiger partial charge in [-0.05, 0) is 54.7 Å². The van der Waals surface area contributed by atoms with E-state index in [1.165, 1.54) is 34.9 Å². The highest BCUT2D eigenvalue weighted by molar-refractivity contribution is 5.83. The molecule has 4 heteroatoms. The first kappa shape index (κ1) is 17.4. The Labute approximate surface area is 165 Å². The lowest BCUT2D eigenvalue weighted by Gasteiger charge is -2.33. The average Bonchev–Trinajstić information content (AvgIpc) is 3.51. The molecule has 2 fully saturated rings. The third-order valence-electron chi connectivity index (χ3n) is 6.37. The minimum absolute atomic E-state index is 0.0955. The summed E-state index contributed by atoms with van der Waals surface area (Å²) in [5.74, 6) is 1.11. The van der Waals surface area contributed by atoms with Gasteiger partial charge < -0.3 is 15.2 Å². The van der Waals surface area contributed by atoms with Crippen LogP contribution in [0.5, 0.6) is 0 Å². The molecule has 2 amide bonds. The van der Waals surface area contributed by atoms with E-state index in [1.807, 2.05) is 11.0 Å². The predicted molar refractivity (Wildman–Crippen MR) is 112 cm³/mol. The van der Waals surface area contributed by atoms with Crippen molar-refractivity contribution in [1.82, 2.24) is 15.2 Å². The molecule has 1 unspecified atom stereocenters. The lowest BCUT2D eigenvalue weighted by molar-refractivity contribution is 0.176. The summed E-state index contributed by atoms with van der Waals surface area (Å²) >= 11 is 0. The van der Waals surface area contributed by atoms with Crippen LogP contribution in [0.2, 0.25) is 0 Å². The van der Waals surface area contributed by atoms with Crippen molar-refractivity contribution in [1.29, 1.82) is 0 Å². The molecule has 1 saturated carbocycles. The van der Waals surface area contributed by atoms with Gasteiger partial charge in [-0.2, -0.15) is 0 Å². The van der Waals surface area contributed by atoms with E-state index in [0.717, 1.165) is 25.9 Å². The van der Waals surface area contributed by atoms with Gasteiger partial charge in [0.1, 0.15) is 0 Å². The van der Waals surface area contributed by atoms with Crippen molar-refractivity contribution in [3.05, 3.63) is 71.9 Å². The molecular formula is C24H27N3O. The molecule has 2 aliphatic rings. The van der Waals surface area contributed by atoms with Crippen molar-refractivity contribution in [3.8, 4) is 0 Å². The normalized spacial score (nSPS) is 18.9. The summed E-state index contributed by atoms with van der Waals surface area (Å²) in [5.41, 5.74) is 3.83. The summed E-state index contributed by atoms with van der Waals surface area (Å²) < 4.78 is 0. The third-order valence-corrected chi connectivity index (χ3v) is 6.37. The van der Waals surface area contributed by atoms with Crippen LogP contribution in [0, 0.1) is 5.92 Å². The maximum Gasteiger partial charge on any atom is 0.317 e. The molecule has 1 aromatic heterocycles. The van der Waals surface area contributed by atoms with E-state index in [9.17, 15) is 4.79 Å². The van der Waals surface area contributed by atoms with Gasteiger partial charge >= 0.3 is 6.03 Å². The number of urea groups is 1. The van der Waals surface area contributed by atoms with E-state index in [1.54, 1.807) is 0 Å². The van der Waals surface area contributed by atoms with Gasteiger partial charge in [-0.25, -0.2) is 4.79 Å². The van der Waals surface area contributed by atoms with Crippen LogP contribution in [0.15, 0.2) is 60.8 Å². The van der Waals surface area contributed by atoms with Crippen molar-refractivity contribution in [2.24, 2.45) is 5.92 Å². The number of para-hydroxylation sites is 1. The standard InChI is InChI=1S/C24H27N3O/c28-24(26-23(19-10-11-19)18-6-2-1-3-7-18)27-14-12-17(13-15-27)21-16-25-22-9-5-4-8-20(21)22/h1-9,16-17,19,23,25H,10-15H2,(H,26,28). The number of piperidine rings is 1. The Kier molecular flexibility index (Phi) is 4.55. The van der Waals surface area contributed by atoms with Gasteiger partial charge in [0.05, 0.1) is 6.04 Å². The lowest BCUT2D eigenvalue weighted by Crippen LogP contribution is -2.45. The first-order valence-electron chi connectivity index (χ1n) is 10.5. The van der Waals surface area contributed by atoms with E-state index < -0.39 is 0 Å². The number of likely N-dealkylation sites (tertiary alicyclic amines) is 1. The lowest BCUT2D eigenvalue weighted by atomic mass is 9.89. The molecule has 1 aliphatic carbocycles. The van der Waals surface area contributed by atoms with Crippen LogP contribution in [0.4, 0.5) is 4.79 Å². The van der Waals surface area contributed by atoms with Crippen LogP contribution >= 0.6 is 0 Å². The van der Waals surface area contributed by atoms with Gasteiger partial charge in [-0.15, -0.1) is 0 Å². The van der Waals surface area contributed by atoms with E-state index in [0.29, 0.717) is 11.8 Å². The molecule has 3 aromatic rings. The molecule has 1 aliphatic heterocycles. The summed E-state index contributed by atoms with van der Waals surface area (Å²) in [6.45, 7) is 1.64. The molecule has 4 nitrogen and oxygen atoms in total. The van der Waals surface area contributed by atoms with E-state index >= 15 is 0 Å². The Bertz CT molecular complexity index is 952. The highest BCUT2D eigenvalue weighted by Gasteiger charge is 2.35. The van der Waals surface area contributed by atoms with Crippen molar-refractivity contribution < 1.29 is 4.79 Å². The first-order valence-corrected chi connectivity index (χ1v) is 10.5. The SMILES string of the molecule is O=C(NC(c1ccccc1)C1CC1)N1CCC(c2c[nH]c3ccccc23)CC1. The molecule has 0 radical (unpaired) electrons. The zero-order valence-electron chi connectivity index (χ0n) is 16.1. The number of aromatic nitrogens is 1. The quantitative estimate of drug-likeness (QED) is 0.648. The summed E-state index contributed by atoms with van der Waals surface area (Å²) in [6, 6.07) is 19.2. The number of nitrogens with zero attached hydrogens (tertiary/aromatic N) is 1. The number of benzene rings is 2. The smallest absolute Gasteiger partial charge is 0.317 e. The number of carbonyl (C=O) groups excluding carboxylic acids is 1. The fourth-order valence-corrected chi connectivity index (χ4v) is 4.61. The van der Waals surface area contributed by atoms with Crippen molar-refractivity contribution in [2.45, 2.75) is 37.6 Å². The van der Waals surface area contributed by atoms with Crippen molar-refractivity contribution in [3.63, 3.8) is 0 Å². The zero-order chi connectivity index (χ0) is 18.9. The topological polar surface area (TPSA) is 48.1 Å². The van der Waals surface area contributed by atoms with Gasteiger partial charge in [0.2, 0.25) is 0 Å². The van der Waals surface area contributed by atoms with Crippen LogP contribution in [0.25, 0.3) is 10.9 Å². The first-order chi connectivity index (χ1) is 13.8. The third kappa shape index (κ3) is 3.39. The largest absolute Gasteiger partial charge is 0.361 e. The van der Waals surface area contributed by atoms with Gasteiger partial charge in [0.25, 0.3) is 0 Å². The number of rotatable bonds is 4. The zero-order valence-corrected chi connectivity index (χ0v) is 16.1. The van der Waals surface area contributed by atoms with Gasteiger partial charge in [-0.1, -0.05) is 48.5 Å². The summed E-state index contributed by atoms with van der Waals surface area (Å²) in [4.78, 5) is 18.3. The number of hydrogen-bond donors (Lipinski definition) is 2. The Morgan fingerprint density at radius 2 is 1.68 bits per heavy atom. The van der Waals surface area contributed by atoms with E-state index in [4.69, 9.17) is 0 Å². The number of H-pyrrole nitrogens is 1. The number of hydrogen-bond acceptors (Lipinski definition) is 1. The number of aromatic amines is 1. The van der Waals surface area contributed by atoms with Crippen molar-refractivity contribution >= 4 is 16.9 Å². The van der Waals surface area contributed by atoms with Crippen LogP contribution in [-0.4, -0.2) is 29.0 Å². The fraction of sp³-hybridized carbons (Fsp3) is 0.375. The van der Waals surface area contributed by atoms with Gasteiger partial charge in [0, 0.05) is 30.2 Å². The average molecular weight is 374 g/mol. The minimum atomic E-state index is 0.0955. The number of fused-ring (bicyclic) bond motifs is 1. The number of amides is 2. The summed E-state index contributed by atoms with van der Waals surface area (Å²) in [7, 11) is 0. The highest BCUT2D eigenvalue weighted by Crippen LogP contribution is 2.41.